The summed E-state index contributed by atoms with van der Waals surface area (Å²) < 4.78 is 3.17. The number of fused-ring (bicyclic) bond motifs is 1. The van der Waals surface area contributed by atoms with Crippen LogP contribution in [0.1, 0.15) is 22.6 Å². The predicted octanol–water partition coefficient (Wildman–Crippen LogP) is 3.77. The van der Waals surface area contributed by atoms with Crippen LogP contribution < -0.4 is 5.32 Å². The quantitative estimate of drug-likeness (QED) is 0.506. The zero-order chi connectivity index (χ0) is 16.2. The van der Waals surface area contributed by atoms with Gasteiger partial charge in [0, 0.05) is 16.7 Å². The Labute approximate surface area is 149 Å². The average molecular weight is 419 g/mol. The molecule has 0 aliphatic heterocycles. The maximum Gasteiger partial charge on any atom is 0.252 e. The maximum atomic E-state index is 12.2. The number of carbonyl (C=O) groups excluding carboxylic acids is 1. The van der Waals surface area contributed by atoms with Gasteiger partial charge in [-0.1, -0.05) is 24.3 Å². The minimum Gasteiger partial charge on any atom is -0.352 e. The number of halogens is 1. The lowest BCUT2D eigenvalue weighted by Crippen LogP contribution is -2.26. The molecule has 1 heterocycles. The van der Waals surface area contributed by atoms with Crippen molar-refractivity contribution in [3.63, 3.8) is 0 Å². The molecular weight excluding hydrogens is 401 g/mol. The molecular formula is C18H18IN3O. The second kappa shape index (κ2) is 7.12. The number of aryl methyl sites for hydroxylation is 2. The number of imidazole rings is 1. The lowest BCUT2D eigenvalue weighted by atomic mass is 10.2. The molecule has 0 aliphatic carbocycles. The summed E-state index contributed by atoms with van der Waals surface area (Å²) in [6.45, 7) is 3.51. The molecule has 0 atom stereocenters. The average Bonchev–Trinajstić information content (AvgIpc) is 2.87. The Bertz CT molecular complexity index is 841. The van der Waals surface area contributed by atoms with Crippen molar-refractivity contribution in [2.75, 3.05) is 6.54 Å². The van der Waals surface area contributed by atoms with E-state index in [1.165, 1.54) is 0 Å². The second-order valence-electron chi connectivity index (χ2n) is 5.39. The Morgan fingerprint density at radius 1 is 1.17 bits per heavy atom. The van der Waals surface area contributed by atoms with E-state index in [9.17, 15) is 4.79 Å². The molecule has 4 nitrogen and oxygen atoms in total. The summed E-state index contributed by atoms with van der Waals surface area (Å²) in [4.78, 5) is 16.7. The van der Waals surface area contributed by atoms with Gasteiger partial charge < -0.3 is 9.88 Å². The van der Waals surface area contributed by atoms with Crippen LogP contribution in [0.3, 0.4) is 0 Å². The first kappa shape index (κ1) is 16.0. The number of aromatic nitrogens is 2. The van der Waals surface area contributed by atoms with Gasteiger partial charge in [-0.05, 0) is 60.2 Å². The van der Waals surface area contributed by atoms with Crippen molar-refractivity contribution < 1.29 is 4.79 Å². The SMILES string of the molecule is Cc1nc2ccccc2n1CCCNC(=O)c1ccccc1I. The molecule has 0 saturated heterocycles. The van der Waals surface area contributed by atoms with E-state index in [0.717, 1.165) is 39.0 Å². The van der Waals surface area contributed by atoms with Crippen LogP contribution in [0.2, 0.25) is 0 Å². The lowest BCUT2D eigenvalue weighted by Gasteiger charge is -2.09. The van der Waals surface area contributed by atoms with Gasteiger partial charge in [0.1, 0.15) is 5.82 Å². The monoisotopic (exact) mass is 419 g/mol. The van der Waals surface area contributed by atoms with Crippen molar-refractivity contribution in [3.8, 4) is 0 Å². The van der Waals surface area contributed by atoms with E-state index in [2.05, 4.69) is 43.5 Å². The molecule has 23 heavy (non-hydrogen) atoms. The lowest BCUT2D eigenvalue weighted by molar-refractivity contribution is 0.0952. The van der Waals surface area contributed by atoms with Crippen LogP contribution >= 0.6 is 22.6 Å². The third-order valence-electron chi connectivity index (χ3n) is 3.81. The zero-order valence-electron chi connectivity index (χ0n) is 12.9. The molecule has 0 aliphatic rings. The number of benzene rings is 2. The van der Waals surface area contributed by atoms with E-state index in [1.54, 1.807) is 0 Å². The van der Waals surface area contributed by atoms with Gasteiger partial charge in [-0.2, -0.15) is 0 Å². The molecule has 1 N–H and O–H groups in total. The Balaban J connectivity index is 1.58. The van der Waals surface area contributed by atoms with Crippen molar-refractivity contribution in [1.82, 2.24) is 14.9 Å². The molecule has 0 radical (unpaired) electrons. The Kier molecular flexibility index (Phi) is 4.95. The second-order valence-corrected chi connectivity index (χ2v) is 6.55. The highest BCUT2D eigenvalue weighted by atomic mass is 127. The molecule has 2 aromatic carbocycles. The van der Waals surface area contributed by atoms with Crippen molar-refractivity contribution in [2.45, 2.75) is 19.9 Å². The smallest absolute Gasteiger partial charge is 0.252 e. The highest BCUT2D eigenvalue weighted by Crippen LogP contribution is 2.15. The van der Waals surface area contributed by atoms with E-state index in [1.807, 2.05) is 49.4 Å². The van der Waals surface area contributed by atoms with Crippen molar-refractivity contribution in [3.05, 3.63) is 63.5 Å². The zero-order valence-corrected chi connectivity index (χ0v) is 15.1. The highest BCUT2D eigenvalue weighted by Gasteiger charge is 2.09. The number of para-hydroxylation sites is 2. The van der Waals surface area contributed by atoms with Crippen LogP contribution in [0.15, 0.2) is 48.5 Å². The summed E-state index contributed by atoms with van der Waals surface area (Å²) in [6, 6.07) is 15.8. The van der Waals surface area contributed by atoms with Gasteiger partial charge in [0.05, 0.1) is 16.6 Å². The molecule has 0 saturated carbocycles. The third kappa shape index (κ3) is 3.55. The standard InChI is InChI=1S/C18H18IN3O/c1-13-21-16-9-4-5-10-17(16)22(13)12-6-11-20-18(23)14-7-2-3-8-15(14)19/h2-5,7-10H,6,11-12H2,1H3,(H,20,23). The van der Waals surface area contributed by atoms with Gasteiger partial charge in [-0.25, -0.2) is 4.98 Å². The largest absolute Gasteiger partial charge is 0.352 e. The Morgan fingerprint density at radius 3 is 2.74 bits per heavy atom. The summed E-state index contributed by atoms with van der Waals surface area (Å²) >= 11 is 2.19. The summed E-state index contributed by atoms with van der Waals surface area (Å²) in [5, 5.41) is 2.99. The Hall–Kier alpha value is -1.89. The molecule has 0 spiro atoms. The van der Waals surface area contributed by atoms with Gasteiger partial charge in [-0.15, -0.1) is 0 Å². The van der Waals surface area contributed by atoms with E-state index >= 15 is 0 Å². The fourth-order valence-corrected chi connectivity index (χ4v) is 3.29. The molecule has 1 aromatic heterocycles. The molecule has 3 aromatic rings. The van der Waals surface area contributed by atoms with Crippen molar-refractivity contribution in [1.29, 1.82) is 0 Å². The van der Waals surface area contributed by atoms with Crippen LogP contribution in [0.5, 0.6) is 0 Å². The molecule has 5 heteroatoms. The highest BCUT2D eigenvalue weighted by molar-refractivity contribution is 14.1. The van der Waals surface area contributed by atoms with Crippen LogP contribution in [0, 0.1) is 10.5 Å². The normalized spacial score (nSPS) is 10.9. The fourth-order valence-electron chi connectivity index (χ4n) is 2.66. The van der Waals surface area contributed by atoms with Crippen LogP contribution in [-0.2, 0) is 6.54 Å². The van der Waals surface area contributed by atoms with E-state index in [0.29, 0.717) is 6.54 Å². The molecule has 0 unspecified atom stereocenters. The molecule has 118 valence electrons. The summed E-state index contributed by atoms with van der Waals surface area (Å²) in [5.74, 6) is 0.998. The number of carbonyl (C=O) groups is 1. The van der Waals surface area contributed by atoms with Crippen molar-refractivity contribution >= 4 is 39.5 Å². The first-order chi connectivity index (χ1) is 11.2. The van der Waals surface area contributed by atoms with Crippen molar-refractivity contribution in [2.24, 2.45) is 0 Å². The first-order valence-corrected chi connectivity index (χ1v) is 8.69. The number of nitrogens with one attached hydrogen (secondary N) is 1. The van der Waals surface area contributed by atoms with Crippen LogP contribution in [0.4, 0.5) is 0 Å². The maximum absolute atomic E-state index is 12.2. The molecule has 3 rings (SSSR count). The fraction of sp³-hybridized carbons (Fsp3) is 0.222. The van der Waals surface area contributed by atoms with Gasteiger partial charge in [0.2, 0.25) is 0 Å². The minimum absolute atomic E-state index is 0.0118. The number of nitrogens with zero attached hydrogens (tertiary/aromatic N) is 2. The Morgan fingerprint density at radius 2 is 1.91 bits per heavy atom. The summed E-state index contributed by atoms with van der Waals surface area (Å²) in [5.41, 5.74) is 2.90. The topological polar surface area (TPSA) is 46.9 Å². The summed E-state index contributed by atoms with van der Waals surface area (Å²) in [7, 11) is 0. The van der Waals surface area contributed by atoms with Crippen LogP contribution in [-0.4, -0.2) is 22.0 Å². The van der Waals surface area contributed by atoms with E-state index in [4.69, 9.17) is 0 Å². The number of amides is 1. The predicted molar refractivity (Wildman–Crippen MR) is 101 cm³/mol. The van der Waals surface area contributed by atoms with Gasteiger partial charge in [0.25, 0.3) is 5.91 Å². The molecule has 1 amide bonds. The van der Waals surface area contributed by atoms with Gasteiger partial charge in [-0.3, -0.25) is 4.79 Å². The minimum atomic E-state index is -0.0118. The first-order valence-electron chi connectivity index (χ1n) is 7.61. The molecule has 0 bridgehead atoms. The number of rotatable bonds is 5. The van der Waals surface area contributed by atoms with E-state index in [-0.39, 0.29) is 5.91 Å². The van der Waals surface area contributed by atoms with Gasteiger partial charge in [0.15, 0.2) is 0 Å². The van der Waals surface area contributed by atoms with Crippen LogP contribution in [0.25, 0.3) is 11.0 Å². The number of hydrogen-bond donors (Lipinski definition) is 1. The van der Waals surface area contributed by atoms with E-state index < -0.39 is 0 Å². The number of hydrogen-bond acceptors (Lipinski definition) is 2. The summed E-state index contributed by atoms with van der Waals surface area (Å²) in [6.07, 6.45) is 0.871. The third-order valence-corrected chi connectivity index (χ3v) is 4.75. The van der Waals surface area contributed by atoms with Gasteiger partial charge >= 0.3 is 0 Å². The molecule has 0 fully saturated rings.